The van der Waals surface area contributed by atoms with E-state index in [4.69, 9.17) is 14.2 Å². The van der Waals surface area contributed by atoms with Gasteiger partial charge in [0.1, 0.15) is 0 Å². The fourth-order valence-electron chi connectivity index (χ4n) is 3.28. The summed E-state index contributed by atoms with van der Waals surface area (Å²) in [5, 5.41) is 13.4. The van der Waals surface area contributed by atoms with E-state index < -0.39 is 41.3 Å². The van der Waals surface area contributed by atoms with E-state index in [9.17, 15) is 32.9 Å². The first-order valence-corrected chi connectivity index (χ1v) is 10.5. The summed E-state index contributed by atoms with van der Waals surface area (Å²) in [6.45, 7) is 2.11. The Bertz CT molecular complexity index is 1090. The van der Waals surface area contributed by atoms with Gasteiger partial charge >= 0.3 is 17.8 Å². The Balaban J connectivity index is 1.67. The van der Waals surface area contributed by atoms with Crippen LogP contribution >= 0.6 is 0 Å². The van der Waals surface area contributed by atoms with Crippen LogP contribution in [0.4, 0.5) is 30.2 Å². The molecule has 1 atom stereocenters. The van der Waals surface area contributed by atoms with Gasteiger partial charge in [0.25, 0.3) is 5.91 Å². The Labute approximate surface area is 197 Å². The van der Waals surface area contributed by atoms with Gasteiger partial charge in [0.15, 0.2) is 18.5 Å². The number of nitro benzene ring substituents is 1. The van der Waals surface area contributed by atoms with Crippen LogP contribution in [0, 0.1) is 10.1 Å². The van der Waals surface area contributed by atoms with Gasteiger partial charge in [0.2, 0.25) is 0 Å². The van der Waals surface area contributed by atoms with Gasteiger partial charge in [-0.3, -0.25) is 14.9 Å². The minimum absolute atomic E-state index is 0.0919. The maximum absolute atomic E-state index is 13.2. The first-order valence-electron chi connectivity index (χ1n) is 10.5. The number of benzene rings is 2. The molecule has 10 nitrogen and oxygen atoms in total. The van der Waals surface area contributed by atoms with Gasteiger partial charge in [-0.25, -0.2) is 4.79 Å². The van der Waals surface area contributed by atoms with E-state index in [1.165, 1.54) is 37.3 Å². The smallest absolute Gasteiger partial charge is 0.416 e. The van der Waals surface area contributed by atoms with E-state index in [2.05, 4.69) is 5.32 Å². The number of anilines is 2. The van der Waals surface area contributed by atoms with Gasteiger partial charge < -0.3 is 24.4 Å². The lowest BCUT2D eigenvalue weighted by atomic mass is 10.1. The molecule has 0 radical (unpaired) electrons. The summed E-state index contributed by atoms with van der Waals surface area (Å²) in [4.78, 5) is 36.8. The normalized spacial score (nSPS) is 14.7. The number of para-hydroxylation sites is 2. The standard InChI is InChI=1S/C22H22F3N3O7/c1-14(35-20(29)13-34-19-5-3-2-4-18(19)28(31)32)21(30)26-16-12-15(22(23,24)25)6-7-17(16)27-8-10-33-11-9-27/h2-7,12,14H,8-11,13H2,1H3,(H,26,30). The van der Waals surface area contributed by atoms with E-state index in [1.54, 1.807) is 4.90 Å². The Morgan fingerprint density at radius 2 is 1.89 bits per heavy atom. The summed E-state index contributed by atoms with van der Waals surface area (Å²) in [5.41, 5.74) is -1.03. The maximum atomic E-state index is 13.2. The predicted molar refractivity (Wildman–Crippen MR) is 117 cm³/mol. The number of nitrogens with zero attached hydrogens (tertiary/aromatic N) is 2. The number of rotatable bonds is 8. The van der Waals surface area contributed by atoms with Crippen molar-refractivity contribution in [2.75, 3.05) is 43.1 Å². The summed E-state index contributed by atoms with van der Waals surface area (Å²) in [5.74, 6) is -2.02. The summed E-state index contributed by atoms with van der Waals surface area (Å²) in [6.07, 6.45) is -6.01. The lowest BCUT2D eigenvalue weighted by molar-refractivity contribution is -0.385. The van der Waals surface area contributed by atoms with Crippen molar-refractivity contribution in [1.29, 1.82) is 0 Å². The first-order chi connectivity index (χ1) is 16.6. The van der Waals surface area contributed by atoms with Gasteiger partial charge in [-0.2, -0.15) is 13.2 Å². The minimum atomic E-state index is -4.63. The van der Waals surface area contributed by atoms with Crippen molar-refractivity contribution < 1.29 is 41.9 Å². The van der Waals surface area contributed by atoms with E-state index in [0.29, 0.717) is 32.0 Å². The minimum Gasteiger partial charge on any atom is -0.475 e. The van der Waals surface area contributed by atoms with E-state index in [-0.39, 0.29) is 17.1 Å². The average molecular weight is 497 g/mol. The number of halogens is 3. The van der Waals surface area contributed by atoms with Crippen molar-refractivity contribution in [3.05, 3.63) is 58.1 Å². The van der Waals surface area contributed by atoms with Crippen molar-refractivity contribution >= 4 is 28.9 Å². The highest BCUT2D eigenvalue weighted by molar-refractivity contribution is 5.98. The molecular formula is C22H22F3N3O7. The van der Waals surface area contributed by atoms with E-state index >= 15 is 0 Å². The number of hydrogen-bond acceptors (Lipinski definition) is 8. The largest absolute Gasteiger partial charge is 0.475 e. The summed E-state index contributed by atoms with van der Waals surface area (Å²) < 4.78 is 55.1. The van der Waals surface area contributed by atoms with Crippen molar-refractivity contribution in [3.63, 3.8) is 0 Å². The third kappa shape index (κ3) is 6.82. The lowest BCUT2D eigenvalue weighted by Crippen LogP contribution is -2.37. The molecule has 1 heterocycles. The number of ether oxygens (including phenoxy) is 3. The van der Waals surface area contributed by atoms with Crippen LogP contribution in [-0.2, 0) is 25.2 Å². The zero-order valence-electron chi connectivity index (χ0n) is 18.5. The van der Waals surface area contributed by atoms with Crippen molar-refractivity contribution in [2.24, 2.45) is 0 Å². The van der Waals surface area contributed by atoms with Crippen LogP contribution in [0.5, 0.6) is 5.75 Å². The second-order valence-electron chi connectivity index (χ2n) is 7.46. The molecule has 0 aromatic heterocycles. The molecule has 0 aliphatic carbocycles. The molecular weight excluding hydrogens is 475 g/mol. The number of nitro groups is 1. The van der Waals surface area contributed by atoms with Crippen LogP contribution in [-0.4, -0.2) is 55.8 Å². The second kappa shape index (κ2) is 11.0. The molecule has 0 bridgehead atoms. The van der Waals surface area contributed by atoms with Crippen LogP contribution in [0.15, 0.2) is 42.5 Å². The molecule has 0 saturated carbocycles. The lowest BCUT2D eigenvalue weighted by Gasteiger charge is -2.31. The molecule has 13 heteroatoms. The molecule has 35 heavy (non-hydrogen) atoms. The molecule has 1 aliphatic rings. The highest BCUT2D eigenvalue weighted by atomic mass is 19.4. The second-order valence-corrected chi connectivity index (χ2v) is 7.46. The Morgan fingerprint density at radius 1 is 1.20 bits per heavy atom. The molecule has 1 amide bonds. The van der Waals surface area contributed by atoms with Crippen molar-refractivity contribution in [1.82, 2.24) is 0 Å². The average Bonchev–Trinajstić information content (AvgIpc) is 2.82. The summed E-state index contributed by atoms with van der Waals surface area (Å²) in [6, 6.07) is 8.39. The fraction of sp³-hybridized carbons (Fsp3) is 0.364. The Kier molecular flexibility index (Phi) is 8.12. The van der Waals surface area contributed by atoms with Crippen molar-refractivity contribution in [2.45, 2.75) is 19.2 Å². The van der Waals surface area contributed by atoms with Gasteiger partial charge in [0.05, 0.1) is 35.1 Å². The van der Waals surface area contributed by atoms with Crippen LogP contribution in [0.2, 0.25) is 0 Å². The van der Waals surface area contributed by atoms with Crippen LogP contribution in [0.3, 0.4) is 0 Å². The number of carbonyl (C=O) groups is 2. The number of nitrogens with one attached hydrogen (secondary N) is 1. The third-order valence-electron chi connectivity index (χ3n) is 5.02. The Hall–Kier alpha value is -3.87. The number of morpholine rings is 1. The monoisotopic (exact) mass is 497 g/mol. The molecule has 1 N–H and O–H groups in total. The summed E-state index contributed by atoms with van der Waals surface area (Å²) >= 11 is 0. The van der Waals surface area contributed by atoms with Gasteiger partial charge in [-0.1, -0.05) is 12.1 Å². The topological polar surface area (TPSA) is 120 Å². The molecule has 2 aromatic rings. The molecule has 0 spiro atoms. The number of esters is 1. The molecule has 1 fully saturated rings. The van der Waals surface area contributed by atoms with Crippen LogP contribution in [0.1, 0.15) is 12.5 Å². The predicted octanol–water partition coefficient (Wildman–Crippen LogP) is 3.40. The maximum Gasteiger partial charge on any atom is 0.416 e. The van der Waals surface area contributed by atoms with Gasteiger partial charge in [-0.15, -0.1) is 0 Å². The molecule has 188 valence electrons. The molecule has 3 rings (SSSR count). The molecule has 1 unspecified atom stereocenters. The van der Waals surface area contributed by atoms with Crippen LogP contribution in [0.25, 0.3) is 0 Å². The quantitative estimate of drug-likeness (QED) is 0.335. The van der Waals surface area contributed by atoms with Crippen LogP contribution < -0.4 is 15.0 Å². The van der Waals surface area contributed by atoms with Crippen molar-refractivity contribution in [3.8, 4) is 5.75 Å². The zero-order valence-corrected chi connectivity index (χ0v) is 18.5. The fourth-order valence-corrected chi connectivity index (χ4v) is 3.28. The van der Waals surface area contributed by atoms with Gasteiger partial charge in [-0.05, 0) is 31.2 Å². The summed E-state index contributed by atoms with van der Waals surface area (Å²) in [7, 11) is 0. The number of amides is 1. The number of hydrogen-bond donors (Lipinski definition) is 1. The number of carbonyl (C=O) groups excluding carboxylic acids is 2. The van der Waals surface area contributed by atoms with Gasteiger partial charge in [0, 0.05) is 19.2 Å². The number of alkyl halides is 3. The Morgan fingerprint density at radius 3 is 2.54 bits per heavy atom. The first kappa shape index (κ1) is 25.7. The van der Waals surface area contributed by atoms with E-state index in [0.717, 1.165) is 12.1 Å². The third-order valence-corrected chi connectivity index (χ3v) is 5.02. The molecule has 1 aliphatic heterocycles. The molecule has 2 aromatic carbocycles. The zero-order chi connectivity index (χ0) is 25.6. The highest BCUT2D eigenvalue weighted by Crippen LogP contribution is 2.36. The van der Waals surface area contributed by atoms with E-state index in [1.807, 2.05) is 0 Å². The SMILES string of the molecule is CC(OC(=O)COc1ccccc1[N+](=O)[O-])C(=O)Nc1cc(C(F)(F)F)ccc1N1CCOCC1. The highest BCUT2D eigenvalue weighted by Gasteiger charge is 2.32. The molecule has 1 saturated heterocycles.